The summed E-state index contributed by atoms with van der Waals surface area (Å²) in [6.07, 6.45) is 29.0. The van der Waals surface area contributed by atoms with Gasteiger partial charge in [0.15, 0.2) is 18.9 Å². The van der Waals surface area contributed by atoms with E-state index in [0.29, 0.717) is 6.42 Å². The molecule has 17 atom stereocenters. The first-order valence-corrected chi connectivity index (χ1v) is 35.4. The van der Waals surface area contributed by atoms with Crippen molar-refractivity contribution in [2.45, 2.75) is 388 Å². The van der Waals surface area contributed by atoms with Crippen molar-refractivity contribution in [3.63, 3.8) is 0 Å². The number of aliphatic hydroxyl groups excluding tert-OH is 11. The van der Waals surface area contributed by atoms with Gasteiger partial charge in [-0.2, -0.15) is 0 Å². The van der Waals surface area contributed by atoms with Gasteiger partial charge in [-0.15, -0.1) is 0 Å². The Morgan fingerprint density at radius 1 is 0.402 bits per heavy atom. The van der Waals surface area contributed by atoms with E-state index in [4.69, 9.17) is 28.4 Å². The molecule has 3 saturated heterocycles. The smallest absolute Gasteiger partial charge is 0.220 e. The van der Waals surface area contributed by atoms with Gasteiger partial charge in [0.2, 0.25) is 5.91 Å². The number of hydrogen-bond donors (Lipinski definition) is 12. The molecule has 87 heavy (non-hydrogen) atoms. The Morgan fingerprint density at radius 2 is 0.713 bits per heavy atom. The molecule has 19 heteroatoms. The molecular weight excluding hydrogens is 1120 g/mol. The summed E-state index contributed by atoms with van der Waals surface area (Å²) in [5.74, 6) is -0.269. The van der Waals surface area contributed by atoms with Gasteiger partial charge in [0.25, 0.3) is 0 Å². The van der Waals surface area contributed by atoms with Crippen LogP contribution in [0, 0.1) is 0 Å². The number of ether oxygens (including phenoxy) is 6. The summed E-state index contributed by atoms with van der Waals surface area (Å²) in [6.45, 7) is 1.78. The molecule has 0 bridgehead atoms. The molecule has 0 aromatic carbocycles. The summed E-state index contributed by atoms with van der Waals surface area (Å²) in [6, 6.07) is -0.968. The van der Waals surface area contributed by atoms with Crippen LogP contribution in [0.5, 0.6) is 0 Å². The largest absolute Gasteiger partial charge is 0.394 e. The molecule has 3 fully saturated rings. The maximum absolute atomic E-state index is 13.4. The molecule has 0 radical (unpaired) electrons. The topological polar surface area (TPSA) is 307 Å². The highest BCUT2D eigenvalue weighted by molar-refractivity contribution is 5.76. The SMILES string of the molecule is CCCCCCCCCCCCCCCCCCCCCCC/C=C/C(O)C(COC1OC(CO)C(OC2OC(CO)C(OC3OC(CO)C(O)C(O)C3O)C(O)C2O)C(O)C1O)NC(=O)CCCCCCCCCCCCCCCCCCCCC. The van der Waals surface area contributed by atoms with Crippen LogP contribution in [0.1, 0.15) is 284 Å². The van der Waals surface area contributed by atoms with Crippen molar-refractivity contribution < 1.29 is 89.4 Å². The molecule has 3 aliphatic heterocycles. The molecule has 12 N–H and O–H groups in total. The lowest BCUT2D eigenvalue weighted by molar-refractivity contribution is -0.379. The molecule has 0 spiro atoms. The third-order valence-electron chi connectivity index (χ3n) is 18.1. The van der Waals surface area contributed by atoms with Gasteiger partial charge in [0, 0.05) is 6.42 Å². The number of carbonyl (C=O) groups is 1. The van der Waals surface area contributed by atoms with Crippen molar-refractivity contribution in [3.8, 4) is 0 Å². The minimum atomic E-state index is -1.98. The molecule has 3 rings (SSSR count). The average Bonchev–Trinajstić information content (AvgIpc) is 2.37. The molecule has 0 aromatic heterocycles. The predicted molar refractivity (Wildman–Crippen MR) is 337 cm³/mol. The highest BCUT2D eigenvalue weighted by atomic mass is 16.8. The van der Waals surface area contributed by atoms with Gasteiger partial charge in [0.05, 0.1) is 38.6 Å². The van der Waals surface area contributed by atoms with Crippen LogP contribution in [-0.4, -0.2) is 193 Å². The van der Waals surface area contributed by atoms with Crippen LogP contribution in [-0.2, 0) is 33.2 Å². The zero-order valence-corrected chi connectivity index (χ0v) is 54.3. The molecular formula is C68H129NO18. The van der Waals surface area contributed by atoms with E-state index in [2.05, 4.69) is 19.2 Å². The molecule has 1 amide bonds. The quantitative estimate of drug-likeness (QED) is 0.0199. The number of rotatable bonds is 55. The monoisotopic (exact) mass is 1250 g/mol. The van der Waals surface area contributed by atoms with Gasteiger partial charge >= 0.3 is 0 Å². The second kappa shape index (κ2) is 51.0. The van der Waals surface area contributed by atoms with Crippen LogP contribution >= 0.6 is 0 Å². The zero-order chi connectivity index (χ0) is 63.3. The lowest BCUT2D eigenvalue weighted by Crippen LogP contribution is -2.66. The first-order chi connectivity index (χ1) is 42.3. The van der Waals surface area contributed by atoms with Crippen LogP contribution in [0.4, 0.5) is 0 Å². The molecule has 0 saturated carbocycles. The van der Waals surface area contributed by atoms with Crippen molar-refractivity contribution in [1.29, 1.82) is 0 Å². The third kappa shape index (κ3) is 33.3. The molecule has 3 aliphatic rings. The van der Waals surface area contributed by atoms with Crippen molar-refractivity contribution in [1.82, 2.24) is 5.32 Å². The molecule has 514 valence electrons. The van der Waals surface area contributed by atoms with E-state index in [1.807, 2.05) is 6.08 Å². The second-order valence-electron chi connectivity index (χ2n) is 25.7. The molecule has 19 nitrogen and oxygen atoms in total. The van der Waals surface area contributed by atoms with Crippen LogP contribution in [0.2, 0.25) is 0 Å². The van der Waals surface area contributed by atoms with E-state index in [1.54, 1.807) is 6.08 Å². The van der Waals surface area contributed by atoms with Gasteiger partial charge in [0.1, 0.15) is 73.2 Å². The summed E-state index contributed by atoms with van der Waals surface area (Å²) in [5.41, 5.74) is 0. The van der Waals surface area contributed by atoms with Crippen LogP contribution in [0.3, 0.4) is 0 Å². The number of carbonyl (C=O) groups excluding carboxylic acids is 1. The summed E-state index contributed by atoms with van der Waals surface area (Å²) >= 11 is 0. The number of unbranched alkanes of at least 4 members (excludes halogenated alkanes) is 39. The van der Waals surface area contributed by atoms with E-state index >= 15 is 0 Å². The van der Waals surface area contributed by atoms with Crippen LogP contribution < -0.4 is 5.32 Å². The second-order valence-corrected chi connectivity index (χ2v) is 25.7. The summed E-state index contributed by atoms with van der Waals surface area (Å²) in [5, 5.41) is 121. The first kappa shape index (κ1) is 79.8. The maximum atomic E-state index is 13.4. The lowest BCUT2D eigenvalue weighted by atomic mass is 9.96. The Hall–Kier alpha value is -1.47. The van der Waals surface area contributed by atoms with Crippen molar-refractivity contribution >= 4 is 5.91 Å². The van der Waals surface area contributed by atoms with Gasteiger partial charge < -0.3 is 89.9 Å². The first-order valence-electron chi connectivity index (χ1n) is 35.4. The minimum Gasteiger partial charge on any atom is -0.394 e. The Morgan fingerprint density at radius 3 is 1.08 bits per heavy atom. The maximum Gasteiger partial charge on any atom is 0.220 e. The highest BCUT2D eigenvalue weighted by Gasteiger charge is 2.53. The number of aliphatic hydroxyl groups is 11. The average molecular weight is 1250 g/mol. The van der Waals surface area contributed by atoms with E-state index in [9.17, 15) is 61.0 Å². The predicted octanol–water partition coefficient (Wildman–Crippen LogP) is 9.28. The van der Waals surface area contributed by atoms with Gasteiger partial charge in [-0.1, -0.05) is 270 Å². The van der Waals surface area contributed by atoms with Gasteiger partial charge in [-0.25, -0.2) is 0 Å². The molecule has 0 aliphatic carbocycles. The minimum absolute atomic E-state index is 0.250. The Labute approximate surface area is 525 Å². The fraction of sp³-hybridized carbons (Fsp3) is 0.956. The lowest BCUT2D eigenvalue weighted by Gasteiger charge is -2.48. The van der Waals surface area contributed by atoms with E-state index in [-0.39, 0.29) is 18.9 Å². The Bertz CT molecular complexity index is 1630. The number of allylic oxidation sites excluding steroid dienone is 1. The molecule has 0 aromatic rings. The zero-order valence-electron chi connectivity index (χ0n) is 54.3. The summed E-state index contributed by atoms with van der Waals surface area (Å²) in [7, 11) is 0. The third-order valence-corrected chi connectivity index (χ3v) is 18.1. The highest BCUT2D eigenvalue weighted by Crippen LogP contribution is 2.33. The van der Waals surface area contributed by atoms with Crippen LogP contribution in [0.15, 0.2) is 12.2 Å². The van der Waals surface area contributed by atoms with Crippen molar-refractivity contribution in [2.24, 2.45) is 0 Å². The molecule has 17 unspecified atom stereocenters. The summed E-state index contributed by atoms with van der Waals surface area (Å²) < 4.78 is 34.4. The van der Waals surface area contributed by atoms with E-state index in [1.165, 1.54) is 212 Å². The Kier molecular flexibility index (Phi) is 46.8. The standard InChI is InChI=1S/C68H129NO18/c1-3-5-7-9-11-13-15-17-19-21-23-24-25-26-28-29-31-33-35-37-39-41-43-45-52(73)51(69-56(74)46-44-42-40-38-36-34-32-30-27-22-20-18-16-14-12-10-8-6-4-2)50-82-66-62(80)59(77)64(54(48-71)84-66)87-68-63(81)60(78)65(55(49-72)85-68)86-67-61(79)58(76)57(75)53(47-70)83-67/h43,45,51-55,57-68,70-73,75-81H,3-42,44,46-50H2,1-2H3,(H,69,74)/b45-43+. The van der Waals surface area contributed by atoms with Crippen molar-refractivity contribution in [2.75, 3.05) is 26.4 Å². The Balaban J connectivity index is 1.44. The van der Waals surface area contributed by atoms with E-state index in [0.717, 1.165) is 44.9 Å². The fourth-order valence-corrected chi connectivity index (χ4v) is 12.3. The number of amides is 1. The number of nitrogens with one attached hydrogen (secondary N) is 1. The van der Waals surface area contributed by atoms with Gasteiger partial charge in [-0.05, 0) is 19.3 Å². The van der Waals surface area contributed by atoms with Gasteiger partial charge in [-0.3, -0.25) is 4.79 Å². The van der Waals surface area contributed by atoms with E-state index < -0.39 is 124 Å². The van der Waals surface area contributed by atoms with Crippen molar-refractivity contribution in [3.05, 3.63) is 12.2 Å². The van der Waals surface area contributed by atoms with Crippen LogP contribution in [0.25, 0.3) is 0 Å². The fourth-order valence-electron chi connectivity index (χ4n) is 12.3. The molecule has 3 heterocycles. The number of hydrogen-bond acceptors (Lipinski definition) is 18. The normalized spacial score (nSPS) is 28.6. The summed E-state index contributed by atoms with van der Waals surface area (Å²) in [4.78, 5) is 13.4.